The third-order valence-corrected chi connectivity index (χ3v) is 4.43. The van der Waals surface area contributed by atoms with Gasteiger partial charge >= 0.3 is 0 Å². The lowest BCUT2D eigenvalue weighted by atomic mass is 10.1. The summed E-state index contributed by atoms with van der Waals surface area (Å²) >= 11 is 0. The molecule has 5 heteroatoms. The summed E-state index contributed by atoms with van der Waals surface area (Å²) in [7, 11) is 0. The molecule has 0 N–H and O–H groups in total. The number of allylic oxidation sites excluding steroid dienone is 1. The first-order chi connectivity index (χ1) is 11.2. The Bertz CT molecular complexity index is 559. The van der Waals surface area contributed by atoms with Gasteiger partial charge in [0.15, 0.2) is 0 Å². The van der Waals surface area contributed by atoms with Crippen molar-refractivity contribution in [3.8, 4) is 0 Å². The second-order valence-corrected chi connectivity index (χ2v) is 6.26. The smallest absolute Gasteiger partial charge is 0.126 e. The number of aliphatic imine (C=N–C) groups is 1. The van der Waals surface area contributed by atoms with Crippen molar-refractivity contribution in [3.63, 3.8) is 0 Å². The van der Waals surface area contributed by atoms with Crippen LogP contribution in [0.15, 0.2) is 35.5 Å². The number of benzene rings is 1. The van der Waals surface area contributed by atoms with E-state index in [4.69, 9.17) is 0 Å². The van der Waals surface area contributed by atoms with Gasteiger partial charge in [-0.1, -0.05) is 0 Å². The summed E-state index contributed by atoms with van der Waals surface area (Å²) < 4.78 is 26.7. The van der Waals surface area contributed by atoms with Crippen LogP contribution in [0.2, 0.25) is 0 Å². The number of hydrogen-bond donors (Lipinski definition) is 0. The Morgan fingerprint density at radius 3 is 2.57 bits per heavy atom. The van der Waals surface area contributed by atoms with Crippen LogP contribution >= 0.6 is 0 Å². The second-order valence-electron chi connectivity index (χ2n) is 6.26. The average Bonchev–Trinajstić information content (AvgIpc) is 3.01. The molecular weight excluding hydrogens is 296 g/mol. The third kappa shape index (κ3) is 4.61. The fourth-order valence-electron chi connectivity index (χ4n) is 3.30. The van der Waals surface area contributed by atoms with Gasteiger partial charge in [-0.15, -0.1) is 0 Å². The van der Waals surface area contributed by atoms with E-state index in [-0.39, 0.29) is 6.17 Å². The molecule has 3 nitrogen and oxygen atoms in total. The summed E-state index contributed by atoms with van der Waals surface area (Å²) in [5, 5.41) is 0. The summed E-state index contributed by atoms with van der Waals surface area (Å²) in [6.45, 7) is 4.00. The molecule has 1 aromatic rings. The molecule has 0 radical (unpaired) electrons. The number of rotatable bonds is 6. The molecular formula is C18H23F2N3. The Morgan fingerprint density at radius 2 is 1.83 bits per heavy atom. The van der Waals surface area contributed by atoms with E-state index >= 15 is 0 Å². The van der Waals surface area contributed by atoms with Crippen LogP contribution in [-0.4, -0.2) is 41.8 Å². The highest BCUT2D eigenvalue weighted by atomic mass is 19.1. The maximum Gasteiger partial charge on any atom is 0.126 e. The summed E-state index contributed by atoms with van der Waals surface area (Å²) in [5.41, 5.74) is 0.633. The molecule has 1 aromatic carbocycles. The first kappa shape index (κ1) is 16.1. The van der Waals surface area contributed by atoms with Gasteiger partial charge in [0.1, 0.15) is 17.8 Å². The summed E-state index contributed by atoms with van der Waals surface area (Å²) in [6.07, 6.45) is 10.3. The topological polar surface area (TPSA) is 18.8 Å². The van der Waals surface area contributed by atoms with Crippen molar-refractivity contribution in [2.45, 2.75) is 38.4 Å². The lowest BCUT2D eigenvalue weighted by Crippen LogP contribution is -2.32. The first-order valence-electron chi connectivity index (χ1n) is 8.34. The largest absolute Gasteiger partial charge is 0.352 e. The van der Waals surface area contributed by atoms with Crippen molar-refractivity contribution >= 4 is 6.21 Å². The van der Waals surface area contributed by atoms with E-state index < -0.39 is 11.6 Å². The first-order valence-corrected chi connectivity index (χ1v) is 8.34. The molecule has 0 aromatic heterocycles. The van der Waals surface area contributed by atoms with Gasteiger partial charge in [-0.25, -0.2) is 8.78 Å². The molecule has 2 aliphatic rings. The van der Waals surface area contributed by atoms with Gasteiger partial charge in [0.25, 0.3) is 0 Å². The van der Waals surface area contributed by atoms with E-state index in [2.05, 4.69) is 14.8 Å². The van der Waals surface area contributed by atoms with Gasteiger partial charge in [0.2, 0.25) is 0 Å². The predicted molar refractivity (Wildman–Crippen MR) is 88.2 cm³/mol. The number of hydrogen-bond acceptors (Lipinski definition) is 3. The van der Waals surface area contributed by atoms with Crippen molar-refractivity contribution in [1.82, 2.24) is 9.80 Å². The van der Waals surface area contributed by atoms with Crippen LogP contribution in [0.3, 0.4) is 0 Å². The second kappa shape index (κ2) is 7.68. The van der Waals surface area contributed by atoms with Crippen LogP contribution in [0.25, 0.3) is 0 Å². The van der Waals surface area contributed by atoms with Crippen molar-refractivity contribution in [1.29, 1.82) is 0 Å². The van der Waals surface area contributed by atoms with Gasteiger partial charge in [0, 0.05) is 25.0 Å². The molecule has 0 spiro atoms. The van der Waals surface area contributed by atoms with Crippen molar-refractivity contribution in [2.75, 3.05) is 19.6 Å². The monoisotopic (exact) mass is 319 g/mol. The van der Waals surface area contributed by atoms with Crippen LogP contribution in [0, 0.1) is 11.6 Å². The zero-order valence-corrected chi connectivity index (χ0v) is 13.3. The molecule has 0 bridgehead atoms. The lowest BCUT2D eigenvalue weighted by Gasteiger charge is -2.30. The third-order valence-electron chi connectivity index (χ3n) is 4.43. The number of nitrogens with zero attached hydrogens (tertiary/aromatic N) is 3. The van der Waals surface area contributed by atoms with Crippen LogP contribution < -0.4 is 0 Å². The number of halogens is 2. The van der Waals surface area contributed by atoms with Crippen LogP contribution in [0.1, 0.15) is 31.2 Å². The molecule has 1 atom stereocenters. The highest BCUT2D eigenvalue weighted by molar-refractivity contribution is 5.71. The molecule has 2 heterocycles. The maximum atomic E-state index is 13.3. The van der Waals surface area contributed by atoms with Crippen molar-refractivity contribution in [3.05, 3.63) is 47.7 Å². The Labute approximate surface area is 136 Å². The van der Waals surface area contributed by atoms with Crippen molar-refractivity contribution < 1.29 is 8.78 Å². The van der Waals surface area contributed by atoms with Gasteiger partial charge in [0.05, 0.1) is 0 Å². The Kier molecular flexibility index (Phi) is 5.39. The molecule has 0 amide bonds. The highest BCUT2D eigenvalue weighted by Gasteiger charge is 2.18. The zero-order valence-electron chi connectivity index (χ0n) is 13.3. The van der Waals surface area contributed by atoms with Crippen LogP contribution in [0.5, 0.6) is 0 Å². The van der Waals surface area contributed by atoms with Crippen molar-refractivity contribution in [2.24, 2.45) is 4.99 Å². The molecule has 1 unspecified atom stereocenters. The van der Waals surface area contributed by atoms with Crippen LogP contribution in [-0.2, 0) is 6.54 Å². The normalized spacial score (nSPS) is 21.3. The minimum Gasteiger partial charge on any atom is -0.352 e. The molecule has 2 aliphatic heterocycles. The Balaban J connectivity index is 1.55. The molecule has 23 heavy (non-hydrogen) atoms. The molecule has 1 fully saturated rings. The molecule has 0 aliphatic carbocycles. The minimum absolute atomic E-state index is 0.0499. The predicted octanol–water partition coefficient (Wildman–Crippen LogP) is 3.57. The minimum atomic E-state index is -0.532. The Morgan fingerprint density at radius 1 is 1.09 bits per heavy atom. The molecule has 124 valence electrons. The van der Waals surface area contributed by atoms with E-state index in [0.717, 1.165) is 25.5 Å². The standard InChI is InChI=1S/C18H23F2N3/c19-16-11-15(12-17(20)13-16)14-23-10-4-6-21-18(23)5-3-9-22-7-1-2-8-22/h4,6,10-13,18H,1-3,5,7-9,14H2. The number of likely N-dealkylation sites (tertiary alicyclic amines) is 1. The fraction of sp³-hybridized carbons (Fsp3) is 0.500. The average molecular weight is 319 g/mol. The molecule has 0 saturated carbocycles. The van der Waals surface area contributed by atoms with E-state index in [1.165, 1.54) is 38.1 Å². The van der Waals surface area contributed by atoms with Gasteiger partial charge < -0.3 is 9.80 Å². The van der Waals surface area contributed by atoms with Gasteiger partial charge in [-0.3, -0.25) is 4.99 Å². The summed E-state index contributed by atoms with van der Waals surface area (Å²) in [6, 6.07) is 3.67. The molecule has 1 saturated heterocycles. The summed E-state index contributed by atoms with van der Waals surface area (Å²) in [4.78, 5) is 9.07. The van der Waals surface area contributed by atoms with E-state index in [0.29, 0.717) is 12.1 Å². The van der Waals surface area contributed by atoms with E-state index in [1.807, 2.05) is 18.5 Å². The summed E-state index contributed by atoms with van der Waals surface area (Å²) in [5.74, 6) is -1.06. The Hall–Kier alpha value is -1.75. The van der Waals surface area contributed by atoms with E-state index in [9.17, 15) is 8.78 Å². The van der Waals surface area contributed by atoms with E-state index in [1.54, 1.807) is 0 Å². The van der Waals surface area contributed by atoms with Gasteiger partial charge in [-0.05, 0) is 69.1 Å². The fourth-order valence-corrected chi connectivity index (χ4v) is 3.30. The SMILES string of the molecule is Fc1cc(F)cc(CN2C=CC=NC2CCCN2CCCC2)c1. The maximum absolute atomic E-state index is 13.3. The lowest BCUT2D eigenvalue weighted by molar-refractivity contribution is 0.240. The van der Waals surface area contributed by atoms with Crippen LogP contribution in [0.4, 0.5) is 8.78 Å². The quantitative estimate of drug-likeness (QED) is 0.798. The zero-order chi connectivity index (χ0) is 16.1. The highest BCUT2D eigenvalue weighted by Crippen LogP contribution is 2.19. The van der Waals surface area contributed by atoms with Gasteiger partial charge in [-0.2, -0.15) is 0 Å². The molecule has 3 rings (SSSR count).